The Bertz CT molecular complexity index is 1310. The summed E-state index contributed by atoms with van der Waals surface area (Å²) in [6.45, 7) is 2.98. The summed E-state index contributed by atoms with van der Waals surface area (Å²) in [4.78, 5) is 17.9. The summed E-state index contributed by atoms with van der Waals surface area (Å²) in [5.74, 6) is 2.53. The van der Waals surface area contributed by atoms with Crippen molar-refractivity contribution < 1.29 is 14.2 Å². The number of benzene rings is 2. The van der Waals surface area contributed by atoms with Crippen LogP contribution in [0.15, 0.2) is 53.3 Å². The van der Waals surface area contributed by atoms with Crippen LogP contribution in [0, 0.1) is 0 Å². The zero-order valence-corrected chi connectivity index (χ0v) is 17.1. The summed E-state index contributed by atoms with van der Waals surface area (Å²) in [5, 5.41) is 4.39. The molecule has 0 fully saturated rings. The van der Waals surface area contributed by atoms with Gasteiger partial charge in [-0.3, -0.25) is 4.79 Å². The van der Waals surface area contributed by atoms with Crippen molar-refractivity contribution in [2.45, 2.75) is 19.4 Å². The van der Waals surface area contributed by atoms with Gasteiger partial charge in [0.25, 0.3) is 5.56 Å². The van der Waals surface area contributed by atoms with Crippen LogP contribution in [-0.4, -0.2) is 27.8 Å². The maximum Gasteiger partial charge on any atom is 0.291 e. The molecule has 0 bridgehead atoms. The molecule has 8 heteroatoms. The molecule has 0 unspecified atom stereocenters. The van der Waals surface area contributed by atoms with Crippen molar-refractivity contribution in [3.63, 3.8) is 0 Å². The van der Waals surface area contributed by atoms with E-state index in [0.29, 0.717) is 40.0 Å². The highest BCUT2D eigenvalue weighted by atomic mass is 32.1. The van der Waals surface area contributed by atoms with E-state index in [1.54, 1.807) is 0 Å². The number of nitrogens with zero attached hydrogens (tertiary/aromatic N) is 3. The molecule has 0 amide bonds. The van der Waals surface area contributed by atoms with Crippen LogP contribution in [0.5, 0.6) is 17.2 Å². The van der Waals surface area contributed by atoms with Gasteiger partial charge in [-0.05, 0) is 30.7 Å². The van der Waals surface area contributed by atoms with Gasteiger partial charge >= 0.3 is 0 Å². The minimum atomic E-state index is -0.456. The van der Waals surface area contributed by atoms with Crippen LogP contribution in [0.3, 0.4) is 0 Å². The van der Waals surface area contributed by atoms with Gasteiger partial charge in [-0.15, -0.1) is 5.10 Å². The fraction of sp³-hybridized carbons (Fsp3) is 0.227. The molecule has 0 saturated carbocycles. The van der Waals surface area contributed by atoms with E-state index in [-0.39, 0.29) is 5.56 Å². The van der Waals surface area contributed by atoms with Crippen LogP contribution in [0.2, 0.25) is 0 Å². The van der Waals surface area contributed by atoms with E-state index in [4.69, 9.17) is 14.2 Å². The average molecular weight is 421 g/mol. The van der Waals surface area contributed by atoms with Crippen molar-refractivity contribution in [2.75, 3.05) is 13.2 Å². The minimum Gasteiger partial charge on any atom is -0.493 e. The highest BCUT2D eigenvalue weighted by Gasteiger charge is 2.27. The zero-order valence-electron chi connectivity index (χ0n) is 16.3. The molecule has 2 aromatic carbocycles. The van der Waals surface area contributed by atoms with E-state index in [2.05, 4.69) is 17.0 Å². The Kier molecular flexibility index (Phi) is 4.84. The largest absolute Gasteiger partial charge is 0.493 e. The molecule has 1 aliphatic heterocycles. The molecule has 0 radical (unpaired) electrons. The van der Waals surface area contributed by atoms with Gasteiger partial charge in [0, 0.05) is 5.56 Å². The lowest BCUT2D eigenvalue weighted by atomic mass is 10.2. The SMILES string of the molecule is CCCOc1ccccc1/C=c1/sc2nc([C@H]3COc4ccccc4O3)nn2c1=O. The number of fused-ring (bicyclic) bond motifs is 2. The van der Waals surface area contributed by atoms with Crippen molar-refractivity contribution in [3.8, 4) is 17.2 Å². The van der Waals surface area contributed by atoms with Gasteiger partial charge in [-0.2, -0.15) is 9.50 Å². The molecule has 0 spiro atoms. The molecule has 30 heavy (non-hydrogen) atoms. The Labute approximate surface area is 176 Å². The van der Waals surface area contributed by atoms with Crippen LogP contribution in [0.1, 0.15) is 30.8 Å². The second-order valence-electron chi connectivity index (χ2n) is 6.83. The van der Waals surface area contributed by atoms with Gasteiger partial charge in [0.05, 0.1) is 11.1 Å². The van der Waals surface area contributed by atoms with E-state index in [1.165, 1.54) is 15.9 Å². The van der Waals surface area contributed by atoms with E-state index in [0.717, 1.165) is 17.7 Å². The predicted molar refractivity (Wildman–Crippen MR) is 113 cm³/mol. The summed E-state index contributed by atoms with van der Waals surface area (Å²) in [7, 11) is 0. The molecule has 5 rings (SSSR count). The lowest BCUT2D eigenvalue weighted by Crippen LogP contribution is -2.26. The van der Waals surface area contributed by atoms with Crippen molar-refractivity contribution in [2.24, 2.45) is 0 Å². The fourth-order valence-corrected chi connectivity index (χ4v) is 4.12. The lowest BCUT2D eigenvalue weighted by molar-refractivity contribution is 0.0852. The molecule has 152 valence electrons. The highest BCUT2D eigenvalue weighted by molar-refractivity contribution is 7.15. The molecule has 0 saturated heterocycles. The van der Waals surface area contributed by atoms with Crippen molar-refractivity contribution in [3.05, 3.63) is 74.8 Å². The van der Waals surface area contributed by atoms with Crippen LogP contribution in [0.25, 0.3) is 11.0 Å². The molecule has 0 N–H and O–H groups in total. The first-order chi connectivity index (χ1) is 14.7. The second-order valence-corrected chi connectivity index (χ2v) is 7.84. The van der Waals surface area contributed by atoms with Crippen molar-refractivity contribution in [1.82, 2.24) is 14.6 Å². The molecule has 0 aliphatic carbocycles. The van der Waals surface area contributed by atoms with Gasteiger partial charge in [0.1, 0.15) is 12.4 Å². The first-order valence-electron chi connectivity index (χ1n) is 9.74. The Hall–Kier alpha value is -3.39. The third kappa shape index (κ3) is 3.39. The maximum atomic E-state index is 12.9. The number of para-hydroxylation sites is 3. The Morgan fingerprint density at radius 1 is 1.20 bits per heavy atom. The number of rotatable bonds is 5. The molecule has 4 aromatic rings. The maximum absolute atomic E-state index is 12.9. The molecular formula is C22H19N3O4S. The monoisotopic (exact) mass is 421 g/mol. The zero-order chi connectivity index (χ0) is 20.5. The van der Waals surface area contributed by atoms with Crippen molar-refractivity contribution >= 4 is 22.4 Å². The molecule has 7 nitrogen and oxygen atoms in total. The molecule has 1 aliphatic rings. The number of thiazole rings is 1. The van der Waals surface area contributed by atoms with Gasteiger partial charge in [0.15, 0.2) is 23.4 Å². The van der Waals surface area contributed by atoms with E-state index >= 15 is 0 Å². The summed E-state index contributed by atoms with van der Waals surface area (Å²) in [6.07, 6.45) is 2.28. The predicted octanol–water partition coefficient (Wildman–Crippen LogP) is 3.00. The van der Waals surface area contributed by atoms with Crippen LogP contribution < -0.4 is 24.3 Å². The van der Waals surface area contributed by atoms with Crippen LogP contribution >= 0.6 is 11.3 Å². The Morgan fingerprint density at radius 3 is 2.83 bits per heavy atom. The summed E-state index contributed by atoms with van der Waals surface area (Å²) >= 11 is 1.29. The normalized spacial score (nSPS) is 16.2. The number of aromatic nitrogens is 3. The topological polar surface area (TPSA) is 74.9 Å². The molecular weight excluding hydrogens is 402 g/mol. The Balaban J connectivity index is 1.47. The first-order valence-corrected chi connectivity index (χ1v) is 10.6. The number of hydrogen-bond acceptors (Lipinski definition) is 7. The fourth-order valence-electron chi connectivity index (χ4n) is 3.22. The minimum absolute atomic E-state index is 0.212. The lowest BCUT2D eigenvalue weighted by Gasteiger charge is -2.24. The smallest absolute Gasteiger partial charge is 0.291 e. The highest BCUT2D eigenvalue weighted by Crippen LogP contribution is 2.35. The van der Waals surface area contributed by atoms with E-state index < -0.39 is 6.10 Å². The third-order valence-corrected chi connectivity index (χ3v) is 5.62. The quantitative estimate of drug-likeness (QED) is 0.493. The molecule has 2 aromatic heterocycles. The van der Waals surface area contributed by atoms with Gasteiger partial charge in [-0.1, -0.05) is 48.6 Å². The van der Waals surface area contributed by atoms with E-state index in [9.17, 15) is 4.79 Å². The number of ether oxygens (including phenoxy) is 3. The summed E-state index contributed by atoms with van der Waals surface area (Å²) in [5.41, 5.74) is 0.643. The average Bonchev–Trinajstić information content (AvgIpc) is 3.32. The van der Waals surface area contributed by atoms with Crippen LogP contribution in [0.4, 0.5) is 0 Å². The second kappa shape index (κ2) is 7.79. The van der Waals surface area contributed by atoms with Gasteiger partial charge in [-0.25, -0.2) is 0 Å². The van der Waals surface area contributed by atoms with Crippen molar-refractivity contribution in [1.29, 1.82) is 0 Å². The van der Waals surface area contributed by atoms with Gasteiger partial charge < -0.3 is 14.2 Å². The van der Waals surface area contributed by atoms with E-state index in [1.807, 2.05) is 54.6 Å². The Morgan fingerprint density at radius 2 is 2.00 bits per heavy atom. The van der Waals surface area contributed by atoms with Crippen LogP contribution in [-0.2, 0) is 0 Å². The third-order valence-electron chi connectivity index (χ3n) is 4.66. The number of hydrogen-bond donors (Lipinski definition) is 0. The van der Waals surface area contributed by atoms with Gasteiger partial charge in [0.2, 0.25) is 4.96 Å². The summed E-state index contributed by atoms with van der Waals surface area (Å²) in [6, 6.07) is 15.1. The summed E-state index contributed by atoms with van der Waals surface area (Å²) < 4.78 is 19.3. The molecule has 1 atom stereocenters. The molecule has 3 heterocycles. The standard InChI is InChI=1S/C22H19N3O4S/c1-2-11-27-15-8-4-3-7-14(15)12-19-21(26)25-22(30-19)23-20(24-25)18-13-28-16-9-5-6-10-17(16)29-18/h3-10,12,18H,2,11,13H2,1H3/b19-12+/t18-/m1/s1. The first kappa shape index (κ1) is 18.6.